The number of nitro benzene ring substituents is 2. The van der Waals surface area contributed by atoms with E-state index in [-0.39, 0.29) is 5.75 Å². The molecule has 0 aliphatic carbocycles. The van der Waals surface area contributed by atoms with Crippen molar-refractivity contribution in [1.29, 1.82) is 0 Å². The first-order valence-electron chi connectivity index (χ1n) is 3.45. The molecular formula is C7H5N2O5. The van der Waals surface area contributed by atoms with Crippen molar-refractivity contribution in [3.8, 4) is 5.75 Å². The van der Waals surface area contributed by atoms with E-state index in [1.165, 1.54) is 0 Å². The fourth-order valence-corrected chi connectivity index (χ4v) is 0.943. The molecule has 0 aromatic heterocycles. The summed E-state index contributed by atoms with van der Waals surface area (Å²) >= 11 is 0. The highest BCUT2D eigenvalue weighted by Gasteiger charge is 2.25. The Hall–Kier alpha value is -2.18. The van der Waals surface area contributed by atoms with Crippen LogP contribution in [0.1, 0.15) is 0 Å². The molecule has 0 saturated carbocycles. The highest BCUT2D eigenvalue weighted by atomic mass is 16.6. The molecule has 7 heteroatoms. The lowest BCUT2D eigenvalue weighted by Gasteiger charge is -2.00. The maximum Gasteiger partial charge on any atom is 0.326 e. The van der Waals surface area contributed by atoms with Gasteiger partial charge in [0.05, 0.1) is 23.0 Å². The molecular weight excluding hydrogens is 192 g/mol. The van der Waals surface area contributed by atoms with Gasteiger partial charge < -0.3 is 4.74 Å². The Labute approximate surface area is 78.2 Å². The first-order valence-corrected chi connectivity index (χ1v) is 3.45. The minimum atomic E-state index is -0.786. The number of benzene rings is 1. The molecule has 1 radical (unpaired) electrons. The largest absolute Gasteiger partial charge is 0.485 e. The molecule has 0 spiro atoms. The summed E-state index contributed by atoms with van der Waals surface area (Å²) in [5, 5.41) is 20.9. The van der Waals surface area contributed by atoms with E-state index in [0.29, 0.717) is 0 Å². The van der Waals surface area contributed by atoms with E-state index in [2.05, 4.69) is 10.8 Å². The predicted molar refractivity (Wildman–Crippen MR) is 45.1 cm³/mol. The topological polar surface area (TPSA) is 95.5 Å². The lowest BCUT2D eigenvalue weighted by molar-refractivity contribution is -0.396. The van der Waals surface area contributed by atoms with Crippen LogP contribution < -0.4 is 4.74 Å². The monoisotopic (exact) mass is 197 g/mol. The maximum atomic E-state index is 10.4. The molecule has 0 fully saturated rings. The number of nitro groups is 2. The second-order valence-corrected chi connectivity index (χ2v) is 2.26. The van der Waals surface area contributed by atoms with Gasteiger partial charge in [-0.05, 0) is 6.07 Å². The van der Waals surface area contributed by atoms with Gasteiger partial charge in [0.25, 0.3) is 5.75 Å². The van der Waals surface area contributed by atoms with Gasteiger partial charge in [0.15, 0.2) is 0 Å². The Morgan fingerprint density at radius 1 is 1.36 bits per heavy atom. The van der Waals surface area contributed by atoms with Crippen molar-refractivity contribution in [3.63, 3.8) is 0 Å². The first kappa shape index (κ1) is 9.90. The van der Waals surface area contributed by atoms with E-state index in [1.807, 2.05) is 0 Å². The lowest BCUT2D eigenvalue weighted by atomic mass is 10.2. The van der Waals surface area contributed by atoms with Crippen molar-refractivity contribution >= 4 is 11.4 Å². The summed E-state index contributed by atoms with van der Waals surface area (Å²) in [4.78, 5) is 19.3. The molecule has 1 aromatic carbocycles. The average Bonchev–Trinajstić information content (AvgIpc) is 2.16. The number of rotatable bonds is 3. The zero-order valence-corrected chi connectivity index (χ0v) is 7.09. The summed E-state index contributed by atoms with van der Waals surface area (Å²) < 4.78 is 4.58. The lowest BCUT2D eigenvalue weighted by Crippen LogP contribution is -1.98. The van der Waals surface area contributed by atoms with Crippen molar-refractivity contribution in [2.45, 2.75) is 0 Å². The maximum absolute atomic E-state index is 10.4. The number of methoxy groups -OCH3 is 1. The van der Waals surface area contributed by atoms with Gasteiger partial charge in [-0.2, -0.15) is 0 Å². The van der Waals surface area contributed by atoms with Crippen molar-refractivity contribution in [3.05, 3.63) is 38.4 Å². The SMILES string of the molecule is COc1c([N+](=O)[O-])[c]ccc1[N+](=O)[O-]. The zero-order chi connectivity index (χ0) is 10.7. The van der Waals surface area contributed by atoms with Crippen LogP contribution in [-0.2, 0) is 0 Å². The summed E-state index contributed by atoms with van der Waals surface area (Å²) in [6, 6.07) is 4.45. The van der Waals surface area contributed by atoms with Crippen LogP contribution in [0.25, 0.3) is 0 Å². The van der Waals surface area contributed by atoms with Crippen LogP contribution in [0.4, 0.5) is 11.4 Å². The van der Waals surface area contributed by atoms with E-state index >= 15 is 0 Å². The Bertz CT molecular complexity index is 357. The molecule has 0 saturated heterocycles. The average molecular weight is 197 g/mol. The molecule has 0 bridgehead atoms. The van der Waals surface area contributed by atoms with Crippen LogP contribution in [0.5, 0.6) is 5.75 Å². The summed E-state index contributed by atoms with van der Waals surface area (Å²) in [5.74, 6) is -0.387. The van der Waals surface area contributed by atoms with Gasteiger partial charge in [0.2, 0.25) is 0 Å². The second-order valence-electron chi connectivity index (χ2n) is 2.26. The molecule has 0 atom stereocenters. The zero-order valence-electron chi connectivity index (χ0n) is 7.09. The normalized spacial score (nSPS) is 9.50. The minimum Gasteiger partial charge on any atom is -0.485 e. The highest BCUT2D eigenvalue weighted by molar-refractivity contribution is 5.58. The molecule has 1 rings (SSSR count). The van der Waals surface area contributed by atoms with Crippen molar-refractivity contribution < 1.29 is 14.6 Å². The summed E-state index contributed by atoms with van der Waals surface area (Å²) in [6.07, 6.45) is 0. The molecule has 0 unspecified atom stereocenters. The molecule has 7 nitrogen and oxygen atoms in total. The third-order valence-electron chi connectivity index (χ3n) is 1.49. The Balaban J connectivity index is 3.39. The van der Waals surface area contributed by atoms with Crippen LogP contribution in [-0.4, -0.2) is 17.0 Å². The molecule has 0 aliphatic rings. The highest BCUT2D eigenvalue weighted by Crippen LogP contribution is 2.35. The molecule has 73 valence electrons. The molecule has 14 heavy (non-hydrogen) atoms. The Morgan fingerprint density at radius 2 is 2.00 bits per heavy atom. The summed E-state index contributed by atoms with van der Waals surface area (Å²) in [7, 11) is 1.13. The third-order valence-corrected chi connectivity index (χ3v) is 1.49. The van der Waals surface area contributed by atoms with Gasteiger partial charge in [-0.15, -0.1) is 0 Å². The van der Waals surface area contributed by atoms with Gasteiger partial charge in [-0.25, -0.2) is 0 Å². The summed E-state index contributed by atoms with van der Waals surface area (Å²) in [5.41, 5.74) is -0.986. The van der Waals surface area contributed by atoms with Gasteiger partial charge in [-0.1, -0.05) is 0 Å². The van der Waals surface area contributed by atoms with E-state index in [4.69, 9.17) is 0 Å². The van der Waals surface area contributed by atoms with Gasteiger partial charge in [0.1, 0.15) is 0 Å². The minimum absolute atomic E-state index is 0.387. The van der Waals surface area contributed by atoms with E-state index in [1.54, 1.807) is 0 Å². The second kappa shape index (κ2) is 3.69. The Kier molecular flexibility index (Phi) is 2.61. The van der Waals surface area contributed by atoms with Gasteiger partial charge in [0, 0.05) is 6.07 Å². The number of hydrogen-bond acceptors (Lipinski definition) is 5. The predicted octanol–water partition coefficient (Wildman–Crippen LogP) is 1.31. The van der Waals surface area contributed by atoms with Crippen LogP contribution >= 0.6 is 0 Å². The molecule has 0 amide bonds. The number of hydrogen-bond donors (Lipinski definition) is 0. The quantitative estimate of drug-likeness (QED) is 0.537. The van der Waals surface area contributed by atoms with Gasteiger partial charge in [-0.3, -0.25) is 20.2 Å². The summed E-state index contributed by atoms with van der Waals surface area (Å²) in [6.45, 7) is 0. The molecule has 0 heterocycles. The molecule has 0 aliphatic heterocycles. The number of ether oxygens (including phenoxy) is 1. The van der Waals surface area contributed by atoms with E-state index in [9.17, 15) is 20.2 Å². The molecule has 1 aromatic rings. The number of nitrogens with zero attached hydrogens (tertiary/aromatic N) is 2. The molecule has 0 N–H and O–H groups in total. The van der Waals surface area contributed by atoms with Gasteiger partial charge >= 0.3 is 11.4 Å². The van der Waals surface area contributed by atoms with Crippen LogP contribution in [0, 0.1) is 26.3 Å². The van der Waals surface area contributed by atoms with E-state index < -0.39 is 21.2 Å². The van der Waals surface area contributed by atoms with Crippen molar-refractivity contribution in [1.82, 2.24) is 0 Å². The third kappa shape index (κ3) is 1.60. The standard InChI is InChI=1S/C7H5N2O5/c1-14-7-5(8(10)11)3-2-4-6(7)9(12)13/h2-3H,1H3. The fourth-order valence-electron chi connectivity index (χ4n) is 0.943. The smallest absolute Gasteiger partial charge is 0.326 e. The first-order chi connectivity index (χ1) is 6.57. The van der Waals surface area contributed by atoms with Crippen LogP contribution in [0.3, 0.4) is 0 Å². The fraction of sp³-hybridized carbons (Fsp3) is 0.143. The van der Waals surface area contributed by atoms with Crippen molar-refractivity contribution in [2.75, 3.05) is 7.11 Å². The van der Waals surface area contributed by atoms with E-state index in [0.717, 1.165) is 19.2 Å². The van der Waals surface area contributed by atoms with Crippen LogP contribution in [0.2, 0.25) is 0 Å². The van der Waals surface area contributed by atoms with Crippen molar-refractivity contribution in [2.24, 2.45) is 0 Å². The Morgan fingerprint density at radius 3 is 2.43 bits per heavy atom. The van der Waals surface area contributed by atoms with Crippen LogP contribution in [0.15, 0.2) is 12.1 Å².